The number of nitrogens with zero attached hydrogens (tertiary/aromatic N) is 1. The summed E-state index contributed by atoms with van der Waals surface area (Å²) in [6, 6.07) is 5.08. The van der Waals surface area contributed by atoms with Crippen LogP contribution in [-0.2, 0) is 4.79 Å². The number of rotatable bonds is 4. The maximum Gasteiger partial charge on any atom is 0.255 e. The predicted molar refractivity (Wildman–Crippen MR) is 99.7 cm³/mol. The molecule has 0 aromatic heterocycles. The number of nitrogens with two attached hydrogens (primary N) is 1. The van der Waals surface area contributed by atoms with Crippen LogP contribution in [0, 0.1) is 11.8 Å². The monoisotopic (exact) mass is 363 g/mol. The van der Waals surface area contributed by atoms with E-state index in [9.17, 15) is 9.59 Å². The molecule has 0 unspecified atom stereocenters. The number of nitrogens with one attached hydrogen (secondary N) is 1. The fourth-order valence-electron chi connectivity index (χ4n) is 3.96. The van der Waals surface area contributed by atoms with Crippen LogP contribution in [0.3, 0.4) is 0 Å². The number of likely N-dealkylation sites (tertiary alicyclic amines) is 1. The van der Waals surface area contributed by atoms with Crippen LogP contribution in [0.4, 0.5) is 5.69 Å². The zero-order valence-electron chi connectivity index (χ0n) is 14.5. The summed E-state index contributed by atoms with van der Waals surface area (Å²) >= 11 is 6.11. The predicted octanol–water partition coefficient (Wildman–Crippen LogP) is 3.28. The molecular formula is C19H26ClN3O2. The summed E-state index contributed by atoms with van der Waals surface area (Å²) in [6.45, 7) is 2.06. The number of benzene rings is 1. The summed E-state index contributed by atoms with van der Waals surface area (Å²) in [7, 11) is 0. The van der Waals surface area contributed by atoms with Crippen LogP contribution in [0.25, 0.3) is 0 Å². The smallest absolute Gasteiger partial charge is 0.255 e. The molecule has 0 spiro atoms. The first kappa shape index (κ1) is 18.2. The summed E-state index contributed by atoms with van der Waals surface area (Å²) in [5.74, 6) is 0.0544. The first-order chi connectivity index (χ1) is 12.1. The van der Waals surface area contributed by atoms with Gasteiger partial charge in [-0.25, -0.2) is 0 Å². The van der Waals surface area contributed by atoms with Gasteiger partial charge in [-0.15, -0.1) is 0 Å². The third kappa shape index (κ3) is 4.15. The van der Waals surface area contributed by atoms with Gasteiger partial charge in [-0.3, -0.25) is 9.59 Å². The molecule has 1 aliphatic heterocycles. The fraction of sp³-hybridized carbons (Fsp3) is 0.579. The van der Waals surface area contributed by atoms with Crippen molar-refractivity contribution in [1.82, 2.24) is 4.90 Å². The van der Waals surface area contributed by atoms with Crippen molar-refractivity contribution in [2.45, 2.75) is 38.5 Å². The Morgan fingerprint density at radius 1 is 1.16 bits per heavy atom. The van der Waals surface area contributed by atoms with Gasteiger partial charge in [-0.1, -0.05) is 18.0 Å². The zero-order chi connectivity index (χ0) is 17.8. The molecule has 25 heavy (non-hydrogen) atoms. The molecule has 0 bridgehead atoms. The molecule has 2 aliphatic rings. The highest BCUT2D eigenvalue weighted by Crippen LogP contribution is 2.33. The second-order valence-corrected chi connectivity index (χ2v) is 7.50. The average molecular weight is 364 g/mol. The van der Waals surface area contributed by atoms with Crippen molar-refractivity contribution in [2.24, 2.45) is 17.6 Å². The number of carbonyl (C=O) groups is 2. The molecule has 3 N–H and O–H groups in total. The van der Waals surface area contributed by atoms with Crippen molar-refractivity contribution < 1.29 is 9.59 Å². The van der Waals surface area contributed by atoms with Gasteiger partial charge in [0, 0.05) is 24.0 Å². The highest BCUT2D eigenvalue weighted by atomic mass is 35.5. The summed E-state index contributed by atoms with van der Waals surface area (Å²) < 4.78 is 0. The van der Waals surface area contributed by atoms with Gasteiger partial charge < -0.3 is 16.0 Å². The van der Waals surface area contributed by atoms with Gasteiger partial charge in [0.05, 0.1) is 11.3 Å². The Morgan fingerprint density at radius 2 is 1.92 bits per heavy atom. The molecular weight excluding hydrogens is 338 g/mol. The van der Waals surface area contributed by atoms with Crippen LogP contribution in [0.1, 0.15) is 48.9 Å². The number of anilines is 1. The van der Waals surface area contributed by atoms with Crippen molar-refractivity contribution >= 4 is 29.1 Å². The molecule has 1 saturated carbocycles. The molecule has 0 radical (unpaired) electrons. The fourth-order valence-corrected chi connectivity index (χ4v) is 4.14. The highest BCUT2D eigenvalue weighted by Gasteiger charge is 2.32. The molecule has 2 amide bonds. The molecule has 1 heterocycles. The van der Waals surface area contributed by atoms with Crippen LogP contribution in [0.15, 0.2) is 18.2 Å². The Morgan fingerprint density at radius 3 is 2.64 bits per heavy atom. The van der Waals surface area contributed by atoms with E-state index >= 15 is 0 Å². The van der Waals surface area contributed by atoms with Gasteiger partial charge in [0.1, 0.15) is 0 Å². The second kappa shape index (κ2) is 8.19. The Kier molecular flexibility index (Phi) is 5.97. The van der Waals surface area contributed by atoms with E-state index in [4.69, 9.17) is 17.3 Å². The lowest BCUT2D eigenvalue weighted by atomic mass is 9.95. The highest BCUT2D eigenvalue weighted by molar-refractivity contribution is 6.31. The van der Waals surface area contributed by atoms with Crippen molar-refractivity contribution in [2.75, 3.05) is 25.0 Å². The molecule has 5 nitrogen and oxygen atoms in total. The topological polar surface area (TPSA) is 75.4 Å². The van der Waals surface area contributed by atoms with Crippen LogP contribution in [-0.4, -0.2) is 36.3 Å². The van der Waals surface area contributed by atoms with Gasteiger partial charge in [0.25, 0.3) is 5.91 Å². The SMILES string of the molecule is NC[C@H]1CCC[C@H]1C(=O)Nc1cc(Cl)ccc1C(=O)N1CCCCC1. The number of amides is 2. The molecule has 1 aromatic carbocycles. The summed E-state index contributed by atoms with van der Waals surface area (Å²) in [5.41, 5.74) is 6.82. The number of carbonyl (C=O) groups excluding carboxylic acids is 2. The quantitative estimate of drug-likeness (QED) is 0.861. The number of hydrogen-bond donors (Lipinski definition) is 2. The van der Waals surface area contributed by atoms with Crippen LogP contribution in [0.5, 0.6) is 0 Å². The van der Waals surface area contributed by atoms with Crippen LogP contribution < -0.4 is 11.1 Å². The first-order valence-electron chi connectivity index (χ1n) is 9.20. The van der Waals surface area contributed by atoms with E-state index in [1.54, 1.807) is 18.2 Å². The Labute approximate surface area is 153 Å². The van der Waals surface area contributed by atoms with Gasteiger partial charge in [-0.2, -0.15) is 0 Å². The minimum absolute atomic E-state index is 0.0338. The van der Waals surface area contributed by atoms with E-state index in [0.29, 0.717) is 22.8 Å². The molecule has 136 valence electrons. The maximum atomic E-state index is 12.9. The number of hydrogen-bond acceptors (Lipinski definition) is 3. The number of piperidine rings is 1. The normalized spacial score (nSPS) is 23.5. The average Bonchev–Trinajstić information content (AvgIpc) is 3.11. The summed E-state index contributed by atoms with van der Waals surface area (Å²) in [4.78, 5) is 27.4. The van der Waals surface area contributed by atoms with Gasteiger partial charge in [-0.05, 0) is 62.8 Å². The van der Waals surface area contributed by atoms with E-state index < -0.39 is 0 Å². The summed E-state index contributed by atoms with van der Waals surface area (Å²) in [6.07, 6.45) is 6.08. The lowest BCUT2D eigenvalue weighted by Gasteiger charge is -2.28. The van der Waals surface area contributed by atoms with Crippen LogP contribution in [0.2, 0.25) is 5.02 Å². The molecule has 6 heteroatoms. The van der Waals surface area contributed by atoms with Crippen LogP contribution >= 0.6 is 11.6 Å². The molecule has 2 fully saturated rings. The van der Waals surface area contributed by atoms with E-state index in [-0.39, 0.29) is 23.7 Å². The third-order valence-electron chi connectivity index (χ3n) is 5.41. The minimum atomic E-state index is -0.0816. The van der Waals surface area contributed by atoms with E-state index in [0.717, 1.165) is 51.6 Å². The Hall–Kier alpha value is -1.59. The van der Waals surface area contributed by atoms with E-state index in [1.807, 2.05) is 4.90 Å². The lowest BCUT2D eigenvalue weighted by molar-refractivity contribution is -0.120. The van der Waals surface area contributed by atoms with Crippen molar-refractivity contribution in [3.63, 3.8) is 0 Å². The molecule has 1 aromatic rings. The van der Waals surface area contributed by atoms with Crippen molar-refractivity contribution in [3.8, 4) is 0 Å². The maximum absolute atomic E-state index is 12.9. The lowest BCUT2D eigenvalue weighted by Crippen LogP contribution is -2.36. The van der Waals surface area contributed by atoms with Crippen molar-refractivity contribution in [1.29, 1.82) is 0 Å². The van der Waals surface area contributed by atoms with E-state index in [2.05, 4.69) is 5.32 Å². The van der Waals surface area contributed by atoms with E-state index in [1.165, 1.54) is 0 Å². The first-order valence-corrected chi connectivity index (χ1v) is 9.57. The molecule has 1 aliphatic carbocycles. The second-order valence-electron chi connectivity index (χ2n) is 7.07. The standard InChI is InChI=1S/C19H26ClN3O2/c20-14-7-8-16(19(25)23-9-2-1-3-10-23)17(11-14)22-18(24)15-6-4-5-13(15)12-21/h7-8,11,13,15H,1-6,9-10,12,21H2,(H,22,24)/t13-,15-/m1/s1. The van der Waals surface area contributed by atoms with Gasteiger partial charge in [0.2, 0.25) is 5.91 Å². The largest absolute Gasteiger partial charge is 0.339 e. The molecule has 1 saturated heterocycles. The number of halogens is 1. The molecule has 3 rings (SSSR count). The minimum Gasteiger partial charge on any atom is -0.339 e. The Balaban J connectivity index is 1.79. The van der Waals surface area contributed by atoms with Gasteiger partial charge >= 0.3 is 0 Å². The van der Waals surface area contributed by atoms with Crippen molar-refractivity contribution in [3.05, 3.63) is 28.8 Å². The van der Waals surface area contributed by atoms with Gasteiger partial charge in [0.15, 0.2) is 0 Å². The third-order valence-corrected chi connectivity index (χ3v) is 5.65. The summed E-state index contributed by atoms with van der Waals surface area (Å²) in [5, 5.41) is 3.46. The molecule has 2 atom stereocenters. The zero-order valence-corrected chi connectivity index (χ0v) is 15.2. The Bertz CT molecular complexity index is 644.